The number of benzene rings is 1. The molecule has 23 heavy (non-hydrogen) atoms. The van der Waals surface area contributed by atoms with Crippen LogP contribution in [0.3, 0.4) is 0 Å². The topological polar surface area (TPSA) is 93.5 Å². The highest BCUT2D eigenvalue weighted by molar-refractivity contribution is 5.95. The summed E-state index contributed by atoms with van der Waals surface area (Å²) in [6, 6.07) is 5.23. The molecular weight excluding hydrogens is 318 g/mol. The molecule has 1 aliphatic carbocycles. The van der Waals surface area contributed by atoms with Crippen LogP contribution >= 0.6 is 12.4 Å². The number of ether oxygens (including phenoxy) is 1. The zero-order chi connectivity index (χ0) is 16.1. The summed E-state index contributed by atoms with van der Waals surface area (Å²) in [5, 5.41) is 5.54. The maximum Gasteiger partial charge on any atom is 0.224 e. The van der Waals surface area contributed by atoms with Gasteiger partial charge in [-0.3, -0.25) is 9.59 Å². The molecule has 2 atom stereocenters. The summed E-state index contributed by atoms with van der Waals surface area (Å²) in [7, 11) is 1.54. The quantitative estimate of drug-likeness (QED) is 0.767. The zero-order valence-electron chi connectivity index (χ0n) is 13.4. The van der Waals surface area contributed by atoms with Gasteiger partial charge in [0.05, 0.1) is 12.8 Å². The fourth-order valence-electron chi connectivity index (χ4n) is 2.85. The van der Waals surface area contributed by atoms with Crippen molar-refractivity contribution in [1.29, 1.82) is 0 Å². The van der Waals surface area contributed by atoms with E-state index < -0.39 is 0 Å². The number of carbonyl (C=O) groups excluding carboxylic acids is 2. The Morgan fingerprint density at radius 2 is 2.04 bits per heavy atom. The van der Waals surface area contributed by atoms with Crippen LogP contribution in [-0.4, -0.2) is 25.0 Å². The first kappa shape index (κ1) is 19.3. The zero-order valence-corrected chi connectivity index (χ0v) is 14.2. The van der Waals surface area contributed by atoms with E-state index >= 15 is 0 Å². The van der Waals surface area contributed by atoms with Crippen LogP contribution in [-0.2, 0) is 9.59 Å². The molecule has 2 amide bonds. The Morgan fingerprint density at radius 3 is 2.61 bits per heavy atom. The Balaban J connectivity index is 0.00000264. The van der Waals surface area contributed by atoms with Crippen molar-refractivity contribution in [1.82, 2.24) is 0 Å². The molecule has 1 aromatic rings. The number of hydrogen-bond acceptors (Lipinski definition) is 4. The molecule has 7 heteroatoms. The van der Waals surface area contributed by atoms with Gasteiger partial charge in [0.2, 0.25) is 11.8 Å². The van der Waals surface area contributed by atoms with Gasteiger partial charge in [-0.15, -0.1) is 12.4 Å². The Bertz CT molecular complexity index is 566. The summed E-state index contributed by atoms with van der Waals surface area (Å²) in [4.78, 5) is 23.3. The Labute approximate surface area is 142 Å². The van der Waals surface area contributed by atoms with E-state index in [1.54, 1.807) is 18.2 Å². The smallest absolute Gasteiger partial charge is 0.224 e. The molecule has 1 aliphatic rings. The molecule has 0 aliphatic heterocycles. The maximum atomic E-state index is 12.2. The van der Waals surface area contributed by atoms with Crippen LogP contribution < -0.4 is 21.1 Å². The Morgan fingerprint density at radius 1 is 1.30 bits per heavy atom. The van der Waals surface area contributed by atoms with Gasteiger partial charge < -0.3 is 21.1 Å². The van der Waals surface area contributed by atoms with Gasteiger partial charge in [0.25, 0.3) is 0 Å². The van der Waals surface area contributed by atoms with E-state index in [4.69, 9.17) is 10.5 Å². The fraction of sp³-hybridized carbons (Fsp3) is 0.500. The highest BCUT2D eigenvalue weighted by Crippen LogP contribution is 2.30. The molecule has 4 N–H and O–H groups in total. The van der Waals surface area contributed by atoms with Crippen molar-refractivity contribution in [3.05, 3.63) is 18.2 Å². The fourth-order valence-corrected chi connectivity index (χ4v) is 2.85. The number of hydrogen-bond donors (Lipinski definition) is 3. The number of nitrogens with one attached hydrogen (secondary N) is 2. The summed E-state index contributed by atoms with van der Waals surface area (Å²) in [5.74, 6) is 0.544. The molecule has 2 rings (SSSR count). The minimum Gasteiger partial charge on any atom is -0.495 e. The summed E-state index contributed by atoms with van der Waals surface area (Å²) in [5.41, 5.74) is 7.16. The van der Waals surface area contributed by atoms with Crippen LogP contribution in [0, 0.1) is 5.92 Å². The second kappa shape index (κ2) is 8.74. The first-order valence-electron chi connectivity index (χ1n) is 7.50. The third-order valence-electron chi connectivity index (χ3n) is 3.96. The second-order valence-electron chi connectivity index (χ2n) is 5.70. The molecule has 0 spiro atoms. The highest BCUT2D eigenvalue weighted by atomic mass is 35.5. The SMILES string of the molecule is COc1ccc(NC(C)=O)cc1NC(=O)C[C@@H]1CCC[C@H]1N.Cl. The number of rotatable bonds is 5. The lowest BCUT2D eigenvalue weighted by molar-refractivity contribution is -0.117. The van der Waals surface area contributed by atoms with Crippen molar-refractivity contribution >= 4 is 35.6 Å². The molecule has 1 aromatic carbocycles. The number of carbonyl (C=O) groups is 2. The highest BCUT2D eigenvalue weighted by Gasteiger charge is 2.26. The standard InChI is InChI=1S/C16H23N3O3.ClH/c1-10(20)18-12-6-7-15(22-2)14(9-12)19-16(21)8-11-4-3-5-13(11)17;/h6-7,9,11,13H,3-5,8,17H2,1-2H3,(H,18,20)(H,19,21);1H/t11-,13+;/m0./s1. The second-order valence-corrected chi connectivity index (χ2v) is 5.70. The van der Waals surface area contributed by atoms with Crippen LogP contribution in [0.2, 0.25) is 0 Å². The third kappa shape index (κ3) is 5.41. The molecule has 0 radical (unpaired) electrons. The lowest BCUT2D eigenvalue weighted by Gasteiger charge is -2.16. The van der Waals surface area contributed by atoms with Crippen molar-refractivity contribution in [2.24, 2.45) is 11.7 Å². The van der Waals surface area contributed by atoms with Gasteiger partial charge in [0.15, 0.2) is 0 Å². The average Bonchev–Trinajstić information content (AvgIpc) is 2.84. The summed E-state index contributed by atoms with van der Waals surface area (Å²) < 4.78 is 5.25. The number of anilines is 2. The lowest BCUT2D eigenvalue weighted by atomic mass is 10.00. The van der Waals surface area contributed by atoms with Crippen LogP contribution in [0.5, 0.6) is 5.75 Å². The number of methoxy groups -OCH3 is 1. The van der Waals surface area contributed by atoms with E-state index in [9.17, 15) is 9.59 Å². The van der Waals surface area contributed by atoms with Gasteiger partial charge in [-0.05, 0) is 37.0 Å². The predicted molar refractivity (Wildman–Crippen MR) is 93.1 cm³/mol. The number of nitrogens with two attached hydrogens (primary N) is 1. The minimum absolute atomic E-state index is 0. The van der Waals surface area contributed by atoms with Gasteiger partial charge in [-0.1, -0.05) is 6.42 Å². The molecule has 0 bridgehead atoms. The lowest BCUT2D eigenvalue weighted by Crippen LogP contribution is -2.28. The first-order valence-corrected chi connectivity index (χ1v) is 7.50. The molecule has 1 fully saturated rings. The van der Waals surface area contributed by atoms with Crippen LogP contribution in [0.25, 0.3) is 0 Å². The van der Waals surface area contributed by atoms with E-state index in [1.165, 1.54) is 14.0 Å². The van der Waals surface area contributed by atoms with E-state index in [-0.39, 0.29) is 36.2 Å². The normalized spacial score (nSPS) is 19.6. The molecule has 0 heterocycles. The van der Waals surface area contributed by atoms with Gasteiger partial charge in [-0.2, -0.15) is 0 Å². The van der Waals surface area contributed by atoms with Crippen LogP contribution in [0.1, 0.15) is 32.6 Å². The average molecular weight is 342 g/mol. The van der Waals surface area contributed by atoms with E-state index in [1.807, 2.05) is 0 Å². The Hall–Kier alpha value is -1.79. The number of halogens is 1. The largest absolute Gasteiger partial charge is 0.495 e. The molecule has 6 nitrogen and oxygen atoms in total. The van der Waals surface area contributed by atoms with Crippen molar-refractivity contribution in [3.8, 4) is 5.75 Å². The third-order valence-corrected chi connectivity index (χ3v) is 3.96. The van der Waals surface area contributed by atoms with Crippen LogP contribution in [0.15, 0.2) is 18.2 Å². The van der Waals surface area contributed by atoms with E-state index in [2.05, 4.69) is 10.6 Å². The van der Waals surface area contributed by atoms with Crippen molar-refractivity contribution in [3.63, 3.8) is 0 Å². The van der Waals surface area contributed by atoms with Crippen molar-refractivity contribution < 1.29 is 14.3 Å². The summed E-state index contributed by atoms with van der Waals surface area (Å²) in [6.07, 6.45) is 3.48. The van der Waals surface area contributed by atoms with E-state index in [0.717, 1.165) is 19.3 Å². The Kier molecular flexibility index (Phi) is 7.32. The van der Waals surface area contributed by atoms with Crippen molar-refractivity contribution in [2.45, 2.75) is 38.6 Å². The van der Waals surface area contributed by atoms with Gasteiger partial charge >= 0.3 is 0 Å². The molecule has 0 aromatic heterocycles. The van der Waals surface area contributed by atoms with Gasteiger partial charge in [0, 0.05) is 25.1 Å². The molecule has 1 saturated carbocycles. The molecule has 0 saturated heterocycles. The number of amides is 2. The molecular formula is C16H24ClN3O3. The first-order chi connectivity index (χ1) is 10.5. The van der Waals surface area contributed by atoms with E-state index in [0.29, 0.717) is 23.5 Å². The monoisotopic (exact) mass is 341 g/mol. The summed E-state index contributed by atoms with van der Waals surface area (Å²) >= 11 is 0. The van der Waals surface area contributed by atoms with Gasteiger partial charge in [0.1, 0.15) is 5.75 Å². The molecule has 128 valence electrons. The van der Waals surface area contributed by atoms with Crippen LogP contribution in [0.4, 0.5) is 11.4 Å². The van der Waals surface area contributed by atoms with Crippen molar-refractivity contribution in [2.75, 3.05) is 17.7 Å². The summed E-state index contributed by atoms with van der Waals surface area (Å²) in [6.45, 7) is 1.43. The van der Waals surface area contributed by atoms with Gasteiger partial charge in [-0.25, -0.2) is 0 Å². The minimum atomic E-state index is -0.167. The predicted octanol–water partition coefficient (Wildman–Crippen LogP) is 2.53. The maximum absolute atomic E-state index is 12.2. The molecule has 0 unspecified atom stereocenters.